The second kappa shape index (κ2) is 14.0. The number of carbonyl (C=O) groups excluding carboxylic acids is 1. The highest BCUT2D eigenvalue weighted by Gasteiger charge is 2.21. The first-order valence-corrected chi connectivity index (χ1v) is 14.5. The number of aliphatic carboxylic acids is 2. The summed E-state index contributed by atoms with van der Waals surface area (Å²) in [5, 5.41) is 21.4. The second-order valence-corrected chi connectivity index (χ2v) is 10.7. The molecule has 0 spiro atoms. The van der Waals surface area contributed by atoms with E-state index in [9.17, 15) is 19.5 Å². The van der Waals surface area contributed by atoms with Crippen LogP contribution in [0.25, 0.3) is 11.1 Å². The Bertz CT molecular complexity index is 1480. The molecule has 3 aromatic carbocycles. The molecule has 1 saturated carbocycles. The topological polar surface area (TPSA) is 141 Å². The Morgan fingerprint density at radius 3 is 2.44 bits per heavy atom. The third-order valence-electron chi connectivity index (χ3n) is 7.57. The zero-order valence-corrected chi connectivity index (χ0v) is 23.8. The van der Waals surface area contributed by atoms with Gasteiger partial charge in [0, 0.05) is 30.0 Å². The minimum atomic E-state index is -0.943. The number of hydrogen-bond donors (Lipinski definition) is 3. The molecular weight excluding hydrogens is 554 g/mol. The lowest BCUT2D eigenvalue weighted by atomic mass is 10.0. The number of carboxylic acids is 2. The predicted molar refractivity (Wildman–Crippen MR) is 157 cm³/mol. The molecule has 1 amide bonds. The summed E-state index contributed by atoms with van der Waals surface area (Å²) in [6, 6.07) is 16.5. The van der Waals surface area contributed by atoms with Crippen molar-refractivity contribution in [2.45, 2.75) is 64.0 Å². The molecule has 1 fully saturated rings. The Morgan fingerprint density at radius 1 is 0.860 bits per heavy atom. The molecule has 226 valence electrons. The van der Waals surface area contributed by atoms with Crippen LogP contribution in [-0.2, 0) is 22.6 Å². The number of carboxylic acid groups (broad SMARTS) is 2. The molecule has 3 aromatic rings. The maximum atomic E-state index is 13.3. The van der Waals surface area contributed by atoms with Gasteiger partial charge in [0.25, 0.3) is 5.91 Å². The van der Waals surface area contributed by atoms with E-state index in [2.05, 4.69) is 5.32 Å². The molecule has 10 nitrogen and oxygen atoms in total. The normalized spacial score (nSPS) is 14.0. The molecule has 10 heteroatoms. The van der Waals surface area contributed by atoms with Crippen LogP contribution in [0.5, 0.6) is 23.0 Å². The number of ether oxygens (including phenoxy) is 4. The summed E-state index contributed by atoms with van der Waals surface area (Å²) >= 11 is 0. The van der Waals surface area contributed by atoms with Gasteiger partial charge in [0.1, 0.15) is 18.1 Å². The molecule has 0 bridgehead atoms. The summed E-state index contributed by atoms with van der Waals surface area (Å²) in [6.45, 7) is 0.451. The molecule has 0 aromatic heterocycles. The maximum absolute atomic E-state index is 13.3. The average molecular weight is 590 g/mol. The summed E-state index contributed by atoms with van der Waals surface area (Å²) in [6.07, 6.45) is 4.54. The van der Waals surface area contributed by atoms with Crippen LogP contribution in [-0.4, -0.2) is 47.5 Å². The van der Waals surface area contributed by atoms with Gasteiger partial charge in [0.15, 0.2) is 11.5 Å². The van der Waals surface area contributed by atoms with Gasteiger partial charge in [-0.2, -0.15) is 0 Å². The van der Waals surface area contributed by atoms with Crippen molar-refractivity contribution in [3.05, 3.63) is 71.3 Å². The summed E-state index contributed by atoms with van der Waals surface area (Å²) in [7, 11) is 0. The van der Waals surface area contributed by atoms with Crippen molar-refractivity contribution < 1.29 is 43.5 Å². The van der Waals surface area contributed by atoms with Gasteiger partial charge >= 0.3 is 11.9 Å². The lowest BCUT2D eigenvalue weighted by Gasteiger charge is -2.17. The van der Waals surface area contributed by atoms with Crippen molar-refractivity contribution in [2.75, 3.05) is 13.4 Å². The van der Waals surface area contributed by atoms with Crippen LogP contribution in [0.15, 0.2) is 54.6 Å². The smallest absolute Gasteiger partial charge is 0.303 e. The van der Waals surface area contributed by atoms with Gasteiger partial charge in [0.2, 0.25) is 6.79 Å². The van der Waals surface area contributed by atoms with Gasteiger partial charge in [-0.1, -0.05) is 31.0 Å². The van der Waals surface area contributed by atoms with Crippen molar-refractivity contribution in [2.24, 2.45) is 0 Å². The molecule has 3 N–H and O–H groups in total. The summed E-state index contributed by atoms with van der Waals surface area (Å²) in [5.41, 5.74) is 3.50. The zero-order chi connectivity index (χ0) is 30.2. The Kier molecular flexibility index (Phi) is 9.66. The van der Waals surface area contributed by atoms with Crippen LogP contribution in [0.4, 0.5) is 0 Å². The highest BCUT2D eigenvalue weighted by Crippen LogP contribution is 2.37. The Labute approximate surface area is 249 Å². The van der Waals surface area contributed by atoms with Crippen molar-refractivity contribution in [3.8, 4) is 34.1 Å². The molecule has 2 aliphatic rings. The quantitative estimate of drug-likeness (QED) is 0.205. The van der Waals surface area contributed by atoms with Gasteiger partial charge in [0.05, 0.1) is 6.61 Å². The molecule has 1 heterocycles. The van der Waals surface area contributed by atoms with E-state index in [1.807, 2.05) is 36.4 Å². The molecule has 0 radical (unpaired) electrons. The summed E-state index contributed by atoms with van der Waals surface area (Å²) in [4.78, 5) is 35.5. The zero-order valence-electron chi connectivity index (χ0n) is 23.8. The van der Waals surface area contributed by atoms with Crippen LogP contribution in [0.3, 0.4) is 0 Å². The fraction of sp³-hybridized carbons (Fsp3) is 0.364. The van der Waals surface area contributed by atoms with Crippen LogP contribution >= 0.6 is 0 Å². The average Bonchev–Trinajstić information content (AvgIpc) is 3.69. The number of rotatable bonds is 14. The number of hydrogen-bond acceptors (Lipinski definition) is 7. The lowest BCUT2D eigenvalue weighted by Crippen LogP contribution is -2.32. The third kappa shape index (κ3) is 7.97. The minimum absolute atomic E-state index is 0.0242. The Hall–Kier alpha value is -4.73. The van der Waals surface area contributed by atoms with Gasteiger partial charge in [-0.05, 0) is 78.8 Å². The molecule has 0 saturated heterocycles. The van der Waals surface area contributed by atoms with E-state index < -0.39 is 11.9 Å². The largest absolute Gasteiger partial charge is 0.493 e. The van der Waals surface area contributed by atoms with Crippen LogP contribution in [0, 0.1) is 0 Å². The highest BCUT2D eigenvalue weighted by atomic mass is 16.7. The van der Waals surface area contributed by atoms with E-state index >= 15 is 0 Å². The van der Waals surface area contributed by atoms with Crippen molar-refractivity contribution in [1.82, 2.24) is 5.32 Å². The van der Waals surface area contributed by atoms with Crippen LogP contribution in [0.2, 0.25) is 0 Å². The molecule has 1 aliphatic carbocycles. The first-order chi connectivity index (χ1) is 20.9. The number of fused-ring (bicyclic) bond motifs is 1. The third-order valence-corrected chi connectivity index (χ3v) is 7.57. The first kappa shape index (κ1) is 29.8. The molecule has 5 rings (SSSR count). The molecule has 0 atom stereocenters. The van der Waals surface area contributed by atoms with Crippen LogP contribution < -0.4 is 24.3 Å². The van der Waals surface area contributed by atoms with Crippen molar-refractivity contribution in [1.29, 1.82) is 0 Å². The number of amides is 1. The fourth-order valence-corrected chi connectivity index (χ4v) is 5.36. The van der Waals surface area contributed by atoms with E-state index in [0.29, 0.717) is 40.5 Å². The van der Waals surface area contributed by atoms with Gasteiger partial charge in [-0.25, -0.2) is 0 Å². The van der Waals surface area contributed by atoms with E-state index in [1.165, 1.54) is 0 Å². The van der Waals surface area contributed by atoms with E-state index in [-0.39, 0.29) is 51.2 Å². The summed E-state index contributed by atoms with van der Waals surface area (Å²) < 4.78 is 23.1. The SMILES string of the molecule is O=C(O)CCCOc1cccc(COc2cc(C(=O)NC3CCCC3)cc(-c3ccc4c(c3)OCO4)c2)c1CCC(=O)O. The molecular formula is C33H35NO9. The molecule has 0 unspecified atom stereocenters. The lowest BCUT2D eigenvalue weighted by molar-refractivity contribution is -0.138. The monoisotopic (exact) mass is 589 g/mol. The van der Waals surface area contributed by atoms with Gasteiger partial charge in [-0.15, -0.1) is 0 Å². The van der Waals surface area contributed by atoms with Crippen molar-refractivity contribution >= 4 is 17.8 Å². The van der Waals surface area contributed by atoms with Crippen LogP contribution in [0.1, 0.15) is 66.4 Å². The summed E-state index contributed by atoms with van der Waals surface area (Å²) in [5.74, 6) is 0.247. The van der Waals surface area contributed by atoms with E-state index in [4.69, 9.17) is 24.1 Å². The van der Waals surface area contributed by atoms with Gasteiger partial charge in [-0.3, -0.25) is 14.4 Å². The first-order valence-electron chi connectivity index (χ1n) is 14.5. The van der Waals surface area contributed by atoms with Gasteiger partial charge < -0.3 is 34.5 Å². The van der Waals surface area contributed by atoms with E-state index in [1.54, 1.807) is 18.2 Å². The Balaban J connectivity index is 1.40. The molecule has 43 heavy (non-hydrogen) atoms. The fourth-order valence-electron chi connectivity index (χ4n) is 5.36. The number of nitrogens with one attached hydrogen (secondary N) is 1. The molecule has 1 aliphatic heterocycles. The predicted octanol–water partition coefficient (Wildman–Crippen LogP) is 5.59. The minimum Gasteiger partial charge on any atom is -0.493 e. The number of benzene rings is 3. The Morgan fingerprint density at radius 2 is 1.65 bits per heavy atom. The van der Waals surface area contributed by atoms with E-state index in [0.717, 1.165) is 42.4 Å². The maximum Gasteiger partial charge on any atom is 0.303 e. The number of carbonyl (C=O) groups is 3. The highest BCUT2D eigenvalue weighted by molar-refractivity contribution is 5.96. The van der Waals surface area contributed by atoms with Crippen molar-refractivity contribution in [3.63, 3.8) is 0 Å². The standard InChI is InChI=1S/C33H35NO9/c35-31(36)9-4-14-40-28-8-3-5-22(27(28)11-13-32(37)38)19-41-26-16-23(21-10-12-29-30(18-21)43-20-42-29)15-24(17-26)33(39)34-25-6-1-2-7-25/h3,5,8,10,12,15-18,25H,1-2,4,6-7,9,11,13-14,19-20H2,(H,34,39)(H,35,36)(H,37,38). The second-order valence-electron chi connectivity index (χ2n) is 10.7.